The molecule has 1 N–H and O–H groups in total. The molecule has 8 heteroatoms. The summed E-state index contributed by atoms with van der Waals surface area (Å²) in [5.74, 6) is 0.607. The Labute approximate surface area is 176 Å². The molecule has 0 atom stereocenters. The zero-order valence-electron chi connectivity index (χ0n) is 16.0. The molecule has 1 aromatic heterocycles. The molecule has 2 amide bonds. The van der Waals surface area contributed by atoms with Crippen LogP contribution in [0, 0.1) is 0 Å². The van der Waals surface area contributed by atoms with Crippen molar-refractivity contribution in [2.75, 3.05) is 16.8 Å². The van der Waals surface area contributed by atoms with Crippen LogP contribution in [0.5, 0.6) is 11.5 Å². The highest BCUT2D eigenvalue weighted by molar-refractivity contribution is 7.00. The van der Waals surface area contributed by atoms with Crippen LogP contribution in [0.25, 0.3) is 11.0 Å². The highest BCUT2D eigenvalue weighted by atomic mass is 32.1. The van der Waals surface area contributed by atoms with Gasteiger partial charge < -0.3 is 15.0 Å². The van der Waals surface area contributed by atoms with E-state index in [9.17, 15) is 9.59 Å². The number of hydrogen-bond donors (Lipinski definition) is 1. The lowest BCUT2D eigenvalue weighted by atomic mass is 10.1. The fourth-order valence-electron chi connectivity index (χ4n) is 3.44. The molecule has 1 aliphatic heterocycles. The molecule has 0 saturated carbocycles. The SMILES string of the molecule is CCN1C(=O)c2cc(NC(=O)c3ccc4nsnc4c3)ccc2Oc2ccccc21. The monoisotopic (exact) mass is 416 g/mol. The number of benzene rings is 3. The van der Waals surface area contributed by atoms with Crippen LogP contribution in [0.2, 0.25) is 0 Å². The maximum atomic E-state index is 13.2. The molecular weight excluding hydrogens is 400 g/mol. The molecule has 1 aliphatic rings. The number of hydrogen-bond acceptors (Lipinski definition) is 6. The van der Waals surface area contributed by atoms with Gasteiger partial charge in [0.05, 0.1) is 23.0 Å². The van der Waals surface area contributed by atoms with E-state index in [-0.39, 0.29) is 11.8 Å². The van der Waals surface area contributed by atoms with Crippen molar-refractivity contribution in [1.29, 1.82) is 0 Å². The summed E-state index contributed by atoms with van der Waals surface area (Å²) in [5, 5.41) is 2.85. The molecular formula is C22H16N4O3S. The van der Waals surface area contributed by atoms with Crippen LogP contribution in [-0.2, 0) is 0 Å². The molecule has 0 spiro atoms. The normalized spacial score (nSPS) is 12.7. The van der Waals surface area contributed by atoms with E-state index < -0.39 is 0 Å². The summed E-state index contributed by atoms with van der Waals surface area (Å²) in [7, 11) is 0. The summed E-state index contributed by atoms with van der Waals surface area (Å²) in [6.45, 7) is 2.41. The highest BCUT2D eigenvalue weighted by Gasteiger charge is 2.27. The predicted molar refractivity (Wildman–Crippen MR) is 116 cm³/mol. The molecule has 0 saturated heterocycles. The number of ether oxygens (including phenoxy) is 1. The van der Waals surface area contributed by atoms with Crippen LogP contribution < -0.4 is 15.0 Å². The Hall–Kier alpha value is -3.78. The van der Waals surface area contributed by atoms with Crippen molar-refractivity contribution in [2.24, 2.45) is 0 Å². The predicted octanol–water partition coefficient (Wildman–Crippen LogP) is 4.72. The largest absolute Gasteiger partial charge is 0.454 e. The number of fused-ring (bicyclic) bond motifs is 3. The number of carbonyl (C=O) groups excluding carboxylic acids is 2. The van der Waals surface area contributed by atoms with E-state index in [1.54, 1.807) is 41.3 Å². The summed E-state index contributed by atoms with van der Waals surface area (Å²) in [6, 6.07) is 17.6. The van der Waals surface area contributed by atoms with Crippen molar-refractivity contribution in [3.05, 3.63) is 71.8 Å². The Morgan fingerprint density at radius 2 is 1.87 bits per heavy atom. The molecule has 3 aromatic carbocycles. The Morgan fingerprint density at radius 1 is 1.03 bits per heavy atom. The van der Waals surface area contributed by atoms with Crippen LogP contribution in [-0.4, -0.2) is 27.1 Å². The average molecular weight is 416 g/mol. The molecule has 2 heterocycles. The summed E-state index contributed by atoms with van der Waals surface area (Å²) in [4.78, 5) is 27.6. The van der Waals surface area contributed by atoms with Crippen molar-refractivity contribution in [1.82, 2.24) is 8.75 Å². The second kappa shape index (κ2) is 7.23. The van der Waals surface area contributed by atoms with Gasteiger partial charge in [0.25, 0.3) is 11.8 Å². The van der Waals surface area contributed by atoms with Gasteiger partial charge in [-0.05, 0) is 55.5 Å². The summed E-state index contributed by atoms with van der Waals surface area (Å²) in [6.07, 6.45) is 0. The summed E-state index contributed by atoms with van der Waals surface area (Å²) < 4.78 is 14.3. The molecule has 0 fully saturated rings. The van der Waals surface area contributed by atoms with Gasteiger partial charge in [-0.25, -0.2) is 0 Å². The van der Waals surface area contributed by atoms with Gasteiger partial charge in [0, 0.05) is 17.8 Å². The Bertz CT molecular complexity index is 1300. The van der Waals surface area contributed by atoms with Crippen LogP contribution in [0.4, 0.5) is 11.4 Å². The van der Waals surface area contributed by atoms with Crippen LogP contribution >= 0.6 is 11.7 Å². The van der Waals surface area contributed by atoms with Crippen molar-refractivity contribution in [2.45, 2.75) is 6.92 Å². The number of nitrogens with one attached hydrogen (secondary N) is 1. The zero-order chi connectivity index (χ0) is 20.7. The van der Waals surface area contributed by atoms with Gasteiger partial charge in [0.2, 0.25) is 0 Å². The standard InChI is InChI=1S/C22H16N4O3S/c1-2-26-18-5-3-4-6-20(18)29-19-10-8-14(12-15(19)22(26)28)23-21(27)13-7-9-16-17(11-13)25-30-24-16/h3-12H,2H2,1H3,(H,23,27). The third-order valence-corrected chi connectivity index (χ3v) is 5.48. The first-order valence-corrected chi connectivity index (χ1v) is 10.1. The van der Waals surface area contributed by atoms with Crippen molar-refractivity contribution >= 4 is 46.0 Å². The molecule has 4 aromatic rings. The quantitative estimate of drug-likeness (QED) is 0.523. The smallest absolute Gasteiger partial charge is 0.262 e. The number of carbonyl (C=O) groups is 2. The molecule has 148 valence electrons. The van der Waals surface area contributed by atoms with E-state index in [4.69, 9.17) is 4.74 Å². The molecule has 5 rings (SSSR count). The van der Waals surface area contributed by atoms with Gasteiger partial charge in [0.1, 0.15) is 16.8 Å². The van der Waals surface area contributed by atoms with E-state index in [0.717, 1.165) is 22.9 Å². The highest BCUT2D eigenvalue weighted by Crippen LogP contribution is 2.39. The topological polar surface area (TPSA) is 84.4 Å². The third kappa shape index (κ3) is 3.07. The van der Waals surface area contributed by atoms with E-state index >= 15 is 0 Å². The van der Waals surface area contributed by atoms with E-state index in [2.05, 4.69) is 14.1 Å². The minimum atomic E-state index is -0.289. The minimum Gasteiger partial charge on any atom is -0.454 e. The van der Waals surface area contributed by atoms with Gasteiger partial charge in [0.15, 0.2) is 5.75 Å². The molecule has 0 unspecified atom stereocenters. The van der Waals surface area contributed by atoms with Crippen molar-refractivity contribution in [3.63, 3.8) is 0 Å². The second-order valence-electron chi connectivity index (χ2n) is 6.75. The van der Waals surface area contributed by atoms with Gasteiger partial charge in [-0.3, -0.25) is 9.59 Å². The molecule has 0 bridgehead atoms. The number of aromatic nitrogens is 2. The fraction of sp³-hybridized carbons (Fsp3) is 0.0909. The lowest BCUT2D eigenvalue weighted by Gasteiger charge is -2.19. The molecule has 30 heavy (non-hydrogen) atoms. The second-order valence-corrected chi connectivity index (χ2v) is 7.28. The first-order chi connectivity index (χ1) is 14.6. The van der Waals surface area contributed by atoms with Gasteiger partial charge in [-0.2, -0.15) is 8.75 Å². The Balaban J connectivity index is 1.47. The number of para-hydroxylation sites is 2. The molecule has 0 radical (unpaired) electrons. The first-order valence-electron chi connectivity index (χ1n) is 9.40. The van der Waals surface area contributed by atoms with Gasteiger partial charge >= 0.3 is 0 Å². The maximum Gasteiger partial charge on any atom is 0.262 e. The van der Waals surface area contributed by atoms with Gasteiger partial charge in [-0.15, -0.1) is 0 Å². The number of anilines is 2. The Kier molecular flexibility index (Phi) is 4.40. The fourth-order valence-corrected chi connectivity index (χ4v) is 3.96. The number of amides is 2. The van der Waals surface area contributed by atoms with Gasteiger partial charge in [-0.1, -0.05) is 12.1 Å². The lowest BCUT2D eigenvalue weighted by molar-refractivity contribution is 0.0985. The minimum absolute atomic E-state index is 0.177. The van der Waals surface area contributed by atoms with Crippen LogP contribution in [0.15, 0.2) is 60.7 Å². The van der Waals surface area contributed by atoms with E-state index in [1.165, 1.54) is 0 Å². The number of nitrogens with zero attached hydrogens (tertiary/aromatic N) is 3. The van der Waals surface area contributed by atoms with Crippen molar-refractivity contribution in [3.8, 4) is 11.5 Å². The maximum absolute atomic E-state index is 13.2. The Morgan fingerprint density at radius 3 is 2.73 bits per heavy atom. The lowest BCUT2D eigenvalue weighted by Crippen LogP contribution is -2.29. The average Bonchev–Trinajstić information content (AvgIpc) is 3.19. The third-order valence-electron chi connectivity index (χ3n) is 4.92. The van der Waals surface area contributed by atoms with Crippen LogP contribution in [0.3, 0.4) is 0 Å². The van der Waals surface area contributed by atoms with E-state index in [1.807, 2.05) is 31.2 Å². The van der Waals surface area contributed by atoms with E-state index in [0.29, 0.717) is 40.4 Å². The summed E-state index contributed by atoms with van der Waals surface area (Å²) in [5.41, 5.74) is 3.52. The number of rotatable bonds is 3. The zero-order valence-corrected chi connectivity index (χ0v) is 16.8. The first kappa shape index (κ1) is 18.3. The van der Waals surface area contributed by atoms with Crippen molar-refractivity contribution < 1.29 is 14.3 Å². The summed E-state index contributed by atoms with van der Waals surface area (Å²) >= 11 is 1.10. The van der Waals surface area contributed by atoms with Crippen LogP contribution in [0.1, 0.15) is 27.6 Å². The molecule has 7 nitrogen and oxygen atoms in total. The molecule has 0 aliphatic carbocycles.